The molecule has 1 aromatic heterocycles. The Balaban J connectivity index is 1.35. The molecule has 17 heteroatoms. The molecule has 0 spiro atoms. The zero-order valence-electron chi connectivity index (χ0n) is 35.0. The number of likely N-dealkylation sites (tertiary alicyclic amines) is 1. The van der Waals surface area contributed by atoms with Crippen LogP contribution in [0.4, 0.5) is 4.79 Å². The Morgan fingerprint density at radius 3 is 2.32 bits per heavy atom. The third-order valence-corrected chi connectivity index (χ3v) is 11.7. The normalized spacial score (nSPS) is 20.1. The van der Waals surface area contributed by atoms with Crippen LogP contribution < -0.4 is 30.1 Å². The van der Waals surface area contributed by atoms with Crippen molar-refractivity contribution < 1.29 is 46.6 Å². The van der Waals surface area contributed by atoms with Gasteiger partial charge in [0.2, 0.25) is 17.7 Å². The van der Waals surface area contributed by atoms with Crippen LogP contribution in [0.2, 0.25) is 0 Å². The second kappa shape index (κ2) is 18.5. The lowest BCUT2D eigenvalue weighted by atomic mass is 10.1. The number of methoxy groups -OCH3 is 1. The van der Waals surface area contributed by atoms with E-state index < -0.39 is 75.0 Å². The Morgan fingerprint density at radius 1 is 1.00 bits per heavy atom. The molecule has 5 amide bonds. The number of pyridine rings is 1. The number of carbonyl (C=O) groups is 5. The zero-order chi connectivity index (χ0) is 44.8. The molecule has 4 aromatic rings. The molecule has 1 aliphatic carbocycles. The van der Waals surface area contributed by atoms with Gasteiger partial charge < -0.3 is 35.1 Å². The van der Waals surface area contributed by atoms with Gasteiger partial charge in [0.15, 0.2) is 0 Å². The van der Waals surface area contributed by atoms with Crippen LogP contribution in [0.25, 0.3) is 22.2 Å². The van der Waals surface area contributed by atoms with E-state index in [0.717, 1.165) is 5.56 Å². The van der Waals surface area contributed by atoms with Gasteiger partial charge in [0.05, 0.1) is 29.8 Å². The zero-order valence-corrected chi connectivity index (χ0v) is 35.9. The highest BCUT2D eigenvalue weighted by Gasteiger charge is 2.61. The largest absolute Gasteiger partial charge is 0.497 e. The Hall–Kier alpha value is -6.75. The molecule has 62 heavy (non-hydrogen) atoms. The molecule has 1 aliphatic heterocycles. The predicted octanol–water partition coefficient (Wildman–Crippen LogP) is 4.41. The number of alkyl carbamates (subject to hydrolysis) is 1. The second-order valence-electron chi connectivity index (χ2n) is 15.9. The summed E-state index contributed by atoms with van der Waals surface area (Å²) >= 11 is 0. The highest BCUT2D eigenvalue weighted by Crippen LogP contribution is 2.45. The number of allylic oxidation sites excluding steroid dienone is 1. The number of nitrogens with zero attached hydrogens (tertiary/aromatic N) is 2. The topological polar surface area (TPSA) is 211 Å². The predicted molar refractivity (Wildman–Crippen MR) is 230 cm³/mol. The molecule has 0 radical (unpaired) electrons. The van der Waals surface area contributed by atoms with Crippen molar-refractivity contribution in [3.8, 4) is 22.8 Å². The molecule has 6 rings (SSSR count). The number of ether oxygens (including phenoxy) is 3. The number of amides is 5. The summed E-state index contributed by atoms with van der Waals surface area (Å²) in [7, 11) is -2.79. The van der Waals surface area contributed by atoms with Crippen molar-refractivity contribution in [3.05, 3.63) is 110 Å². The van der Waals surface area contributed by atoms with E-state index in [1.807, 2.05) is 30.3 Å². The average Bonchev–Trinajstić information content (AvgIpc) is 3.80. The van der Waals surface area contributed by atoms with Gasteiger partial charge in [-0.05, 0) is 64.5 Å². The number of nitrogens with one attached hydrogen (secondary N) is 4. The van der Waals surface area contributed by atoms with Crippen molar-refractivity contribution in [1.29, 1.82) is 0 Å². The van der Waals surface area contributed by atoms with E-state index in [1.54, 1.807) is 65.1 Å². The number of hydrogen-bond acceptors (Lipinski definition) is 11. The number of aromatic nitrogens is 1. The summed E-state index contributed by atoms with van der Waals surface area (Å²) in [5.74, 6) is -2.75. The monoisotopic (exact) mass is 866 g/mol. The molecule has 0 bridgehead atoms. The van der Waals surface area contributed by atoms with Crippen molar-refractivity contribution in [2.45, 2.75) is 74.8 Å². The second-order valence-corrected chi connectivity index (χ2v) is 17.6. The van der Waals surface area contributed by atoms with E-state index in [1.165, 1.54) is 47.4 Å². The lowest BCUT2D eigenvalue weighted by Crippen LogP contribution is -2.59. The molecule has 2 fully saturated rings. The third-order valence-electron chi connectivity index (χ3n) is 10.3. The molecule has 1 saturated carbocycles. The van der Waals surface area contributed by atoms with E-state index in [0.29, 0.717) is 28.1 Å². The van der Waals surface area contributed by atoms with Gasteiger partial charge in [0.1, 0.15) is 40.8 Å². The van der Waals surface area contributed by atoms with Crippen molar-refractivity contribution in [2.75, 3.05) is 20.2 Å². The summed E-state index contributed by atoms with van der Waals surface area (Å²) in [5.41, 5.74) is -0.707. The summed E-state index contributed by atoms with van der Waals surface area (Å²) in [6, 6.07) is 21.0. The van der Waals surface area contributed by atoms with Gasteiger partial charge in [-0.2, -0.15) is 0 Å². The Kier molecular flexibility index (Phi) is 13.3. The first-order valence-corrected chi connectivity index (χ1v) is 21.4. The molecular weight excluding hydrogens is 817 g/mol. The van der Waals surface area contributed by atoms with Gasteiger partial charge in [-0.1, -0.05) is 60.7 Å². The fourth-order valence-corrected chi connectivity index (χ4v) is 8.24. The first-order chi connectivity index (χ1) is 29.5. The maximum atomic E-state index is 14.7. The minimum absolute atomic E-state index is 0.0352. The Morgan fingerprint density at radius 2 is 1.69 bits per heavy atom. The number of fused-ring (bicyclic) bond motifs is 1. The van der Waals surface area contributed by atoms with Crippen LogP contribution in [0, 0.1) is 5.92 Å². The minimum Gasteiger partial charge on any atom is -0.497 e. The van der Waals surface area contributed by atoms with E-state index >= 15 is 0 Å². The van der Waals surface area contributed by atoms with Crippen LogP contribution in [0.5, 0.6) is 11.5 Å². The van der Waals surface area contributed by atoms with Crippen LogP contribution in [0.3, 0.4) is 0 Å². The molecule has 4 N–H and O–H groups in total. The quantitative estimate of drug-likeness (QED) is 0.0972. The molecule has 326 valence electrons. The molecular formula is C45H50N6O10S. The van der Waals surface area contributed by atoms with Gasteiger partial charge in [-0.15, -0.1) is 6.58 Å². The maximum Gasteiger partial charge on any atom is 0.408 e. The maximum absolute atomic E-state index is 14.7. The fourth-order valence-electron chi connectivity index (χ4n) is 7.18. The van der Waals surface area contributed by atoms with E-state index in [-0.39, 0.29) is 30.8 Å². The SMILES string of the molecule is C=C[C@@H]1C[C@]1(NC(=O)[C@@H]1C[C@@H](Oc2cc(-c3ccccc3)nc3cc(OC)ccc23)CN1C(=O)[C@H](CNC(=O)C=CC)NC(=O)OC(C)(C)C)C(=O)NS(=O)(=O)c1ccccc1. The number of sulfonamides is 1. The summed E-state index contributed by atoms with van der Waals surface area (Å²) in [6.45, 7) is 9.80. The lowest BCUT2D eigenvalue weighted by Gasteiger charge is -2.30. The van der Waals surface area contributed by atoms with Crippen molar-refractivity contribution in [1.82, 2.24) is 30.6 Å². The average molecular weight is 867 g/mol. The molecule has 16 nitrogen and oxygen atoms in total. The van der Waals surface area contributed by atoms with Crippen LogP contribution in [-0.2, 0) is 33.9 Å². The molecule has 2 heterocycles. The van der Waals surface area contributed by atoms with Crippen LogP contribution in [0.1, 0.15) is 40.5 Å². The fraction of sp³-hybridized carbons (Fsp3) is 0.333. The molecule has 1 saturated heterocycles. The molecule has 2 aliphatic rings. The highest BCUT2D eigenvalue weighted by molar-refractivity contribution is 7.90. The number of hydrogen-bond donors (Lipinski definition) is 4. The Labute approximate surface area is 360 Å². The summed E-state index contributed by atoms with van der Waals surface area (Å²) in [6.07, 6.45) is 2.35. The van der Waals surface area contributed by atoms with E-state index in [4.69, 9.17) is 19.2 Å². The number of rotatable bonds is 15. The van der Waals surface area contributed by atoms with Crippen molar-refractivity contribution >= 4 is 50.6 Å². The van der Waals surface area contributed by atoms with Crippen LogP contribution in [-0.4, -0.2) is 97.6 Å². The van der Waals surface area contributed by atoms with Gasteiger partial charge >= 0.3 is 6.09 Å². The Bertz CT molecular complexity index is 2490. The van der Waals surface area contributed by atoms with Crippen molar-refractivity contribution in [3.63, 3.8) is 0 Å². The first kappa shape index (κ1) is 44.8. The van der Waals surface area contributed by atoms with Crippen molar-refractivity contribution in [2.24, 2.45) is 5.92 Å². The minimum atomic E-state index is -4.33. The summed E-state index contributed by atoms with van der Waals surface area (Å²) in [5, 5.41) is 8.51. The van der Waals surface area contributed by atoms with Gasteiger partial charge in [-0.25, -0.2) is 22.9 Å². The van der Waals surface area contributed by atoms with Crippen LogP contribution in [0.15, 0.2) is 115 Å². The summed E-state index contributed by atoms with van der Waals surface area (Å²) < 4.78 is 46.1. The number of benzene rings is 3. The van der Waals surface area contributed by atoms with Crippen LogP contribution >= 0.6 is 0 Å². The summed E-state index contributed by atoms with van der Waals surface area (Å²) in [4.78, 5) is 74.7. The van der Waals surface area contributed by atoms with E-state index in [9.17, 15) is 32.4 Å². The standard InChI is InChI=1S/C45H50N6O10S/c1-7-15-39(52)46-26-36(48-43(56)61-44(3,4)5)41(54)51-27-31(60-38-24-34(28-16-11-9-12-17-28)47-35-22-30(59-6)20-21-33(35)38)23-37(51)40(53)49-45(25-29(45)8-2)42(55)50-62(57,58)32-18-13-10-14-19-32/h7-22,24,29,31,36-37H,2,23,25-27H2,1,3-6H3,(H,46,52)(H,48,56)(H,49,53)(H,50,55)/t29-,31-,36+,37+,45-/m1/s1. The molecule has 3 aromatic carbocycles. The van der Waals surface area contributed by atoms with Gasteiger partial charge in [0.25, 0.3) is 15.9 Å². The first-order valence-electron chi connectivity index (χ1n) is 19.9. The molecule has 0 unspecified atom stereocenters. The van der Waals surface area contributed by atoms with Gasteiger partial charge in [-0.3, -0.25) is 19.2 Å². The number of carbonyl (C=O) groups excluding carboxylic acids is 5. The lowest BCUT2D eigenvalue weighted by molar-refractivity contribution is -0.141. The highest BCUT2D eigenvalue weighted by atomic mass is 32.2. The molecule has 5 atom stereocenters. The third kappa shape index (κ3) is 10.4. The van der Waals surface area contributed by atoms with Gasteiger partial charge in [0, 0.05) is 42.0 Å². The van der Waals surface area contributed by atoms with E-state index in [2.05, 4.69) is 27.3 Å². The smallest absolute Gasteiger partial charge is 0.408 e.